The first-order chi connectivity index (χ1) is 12.1. The third-order valence-electron chi connectivity index (χ3n) is 4.72. The van der Waals surface area contributed by atoms with Crippen LogP contribution in [-0.4, -0.2) is 17.4 Å². The summed E-state index contributed by atoms with van der Waals surface area (Å²) in [6.07, 6.45) is 0.815. The Morgan fingerprint density at radius 1 is 1.12 bits per heavy atom. The van der Waals surface area contributed by atoms with Gasteiger partial charge in [-0.3, -0.25) is 4.79 Å². The number of halogens is 1. The van der Waals surface area contributed by atoms with Gasteiger partial charge in [-0.2, -0.15) is 0 Å². The standard InChI is InChI=1S/C21H18FNOS/c1-14-6-8-15(9-7-14)20-17-11-13-25-19(17)10-12-23(20)21(24)16-4-2-3-5-18(16)22/h2-9,11,13,20H,10,12H2,1H3/t20-/m0/s1. The van der Waals surface area contributed by atoms with Gasteiger partial charge in [0.2, 0.25) is 0 Å². The number of thiophene rings is 1. The lowest BCUT2D eigenvalue weighted by atomic mass is 9.92. The van der Waals surface area contributed by atoms with Crippen LogP contribution >= 0.6 is 11.3 Å². The van der Waals surface area contributed by atoms with Crippen molar-refractivity contribution in [1.29, 1.82) is 0 Å². The molecule has 3 aromatic rings. The number of carbonyl (C=O) groups is 1. The molecule has 0 N–H and O–H groups in total. The van der Waals surface area contributed by atoms with Crippen LogP contribution in [0.3, 0.4) is 0 Å². The average molecular weight is 351 g/mol. The number of benzene rings is 2. The van der Waals surface area contributed by atoms with Gasteiger partial charge in [-0.15, -0.1) is 11.3 Å². The number of amides is 1. The van der Waals surface area contributed by atoms with Crippen molar-refractivity contribution in [3.63, 3.8) is 0 Å². The first-order valence-electron chi connectivity index (χ1n) is 8.33. The number of fused-ring (bicyclic) bond motifs is 1. The Morgan fingerprint density at radius 2 is 1.88 bits per heavy atom. The van der Waals surface area contributed by atoms with E-state index in [9.17, 15) is 9.18 Å². The summed E-state index contributed by atoms with van der Waals surface area (Å²) in [7, 11) is 0. The van der Waals surface area contributed by atoms with Crippen LogP contribution in [0.25, 0.3) is 0 Å². The molecule has 4 rings (SSSR count). The zero-order chi connectivity index (χ0) is 17.4. The maximum Gasteiger partial charge on any atom is 0.257 e. The maximum atomic E-state index is 14.2. The normalized spacial score (nSPS) is 16.6. The van der Waals surface area contributed by atoms with Crippen LogP contribution in [0.5, 0.6) is 0 Å². The highest BCUT2D eigenvalue weighted by Gasteiger charge is 2.34. The van der Waals surface area contributed by atoms with Gasteiger partial charge in [0.05, 0.1) is 11.6 Å². The van der Waals surface area contributed by atoms with Gasteiger partial charge in [0.15, 0.2) is 0 Å². The molecule has 1 amide bonds. The molecule has 0 radical (unpaired) electrons. The molecule has 2 nitrogen and oxygen atoms in total. The van der Waals surface area contributed by atoms with Crippen molar-refractivity contribution in [3.8, 4) is 0 Å². The van der Waals surface area contributed by atoms with Gasteiger partial charge in [-0.1, -0.05) is 42.0 Å². The molecule has 25 heavy (non-hydrogen) atoms. The molecule has 1 aliphatic rings. The number of rotatable bonds is 2. The largest absolute Gasteiger partial charge is 0.327 e. The number of hydrogen-bond donors (Lipinski definition) is 0. The SMILES string of the molecule is Cc1ccc([C@H]2c3ccsc3CCN2C(=O)c2ccccc2F)cc1. The monoisotopic (exact) mass is 351 g/mol. The lowest BCUT2D eigenvalue weighted by Crippen LogP contribution is -2.40. The highest BCUT2D eigenvalue weighted by atomic mass is 32.1. The lowest BCUT2D eigenvalue weighted by Gasteiger charge is -2.36. The molecule has 2 heterocycles. The predicted molar refractivity (Wildman–Crippen MR) is 98.5 cm³/mol. The van der Waals surface area contributed by atoms with Crippen LogP contribution < -0.4 is 0 Å². The molecule has 1 atom stereocenters. The summed E-state index contributed by atoms with van der Waals surface area (Å²) in [5.41, 5.74) is 3.54. The van der Waals surface area contributed by atoms with Gasteiger partial charge >= 0.3 is 0 Å². The molecule has 0 saturated heterocycles. The first kappa shape index (κ1) is 16.0. The second-order valence-electron chi connectivity index (χ2n) is 6.34. The molecule has 4 heteroatoms. The molecule has 1 aliphatic heterocycles. The van der Waals surface area contributed by atoms with Gasteiger partial charge < -0.3 is 4.90 Å². The van der Waals surface area contributed by atoms with Crippen LogP contribution in [0.4, 0.5) is 4.39 Å². The van der Waals surface area contributed by atoms with E-state index < -0.39 is 5.82 Å². The Bertz CT molecular complexity index is 916. The predicted octanol–water partition coefficient (Wildman–Crippen LogP) is 4.98. The van der Waals surface area contributed by atoms with Crippen molar-refractivity contribution in [2.75, 3.05) is 6.54 Å². The Balaban J connectivity index is 1.79. The number of carbonyl (C=O) groups excluding carboxylic acids is 1. The zero-order valence-electron chi connectivity index (χ0n) is 13.9. The van der Waals surface area contributed by atoms with Crippen molar-refractivity contribution in [2.45, 2.75) is 19.4 Å². The number of nitrogens with zero attached hydrogens (tertiary/aromatic N) is 1. The Kier molecular flexibility index (Phi) is 4.14. The van der Waals surface area contributed by atoms with Crippen molar-refractivity contribution in [3.05, 3.63) is 92.9 Å². The topological polar surface area (TPSA) is 20.3 Å². The highest BCUT2D eigenvalue weighted by Crippen LogP contribution is 2.38. The van der Waals surface area contributed by atoms with E-state index in [1.54, 1.807) is 34.4 Å². The average Bonchev–Trinajstić information content (AvgIpc) is 3.10. The van der Waals surface area contributed by atoms with Crippen LogP contribution in [-0.2, 0) is 6.42 Å². The number of aryl methyl sites for hydroxylation is 1. The first-order valence-corrected chi connectivity index (χ1v) is 9.21. The van der Waals surface area contributed by atoms with E-state index in [0.717, 1.165) is 17.5 Å². The second kappa shape index (κ2) is 6.45. The van der Waals surface area contributed by atoms with E-state index in [1.807, 2.05) is 6.92 Å². The van der Waals surface area contributed by atoms with Crippen molar-refractivity contribution < 1.29 is 9.18 Å². The summed E-state index contributed by atoms with van der Waals surface area (Å²) in [6, 6.07) is 16.4. The third kappa shape index (κ3) is 2.87. The van der Waals surface area contributed by atoms with Crippen LogP contribution in [0.1, 0.15) is 38.0 Å². The lowest BCUT2D eigenvalue weighted by molar-refractivity contribution is 0.0691. The minimum atomic E-state index is -0.466. The Labute approximate surface area is 150 Å². The summed E-state index contributed by atoms with van der Waals surface area (Å²) >= 11 is 1.73. The summed E-state index contributed by atoms with van der Waals surface area (Å²) in [6.45, 7) is 2.64. The van der Waals surface area contributed by atoms with Crippen LogP contribution in [0.2, 0.25) is 0 Å². The van der Waals surface area contributed by atoms with Gasteiger partial charge in [0, 0.05) is 11.4 Å². The van der Waals surface area contributed by atoms with Crippen molar-refractivity contribution in [2.24, 2.45) is 0 Å². The Morgan fingerprint density at radius 3 is 2.64 bits per heavy atom. The summed E-state index contributed by atoms with van der Waals surface area (Å²) in [5, 5.41) is 2.07. The van der Waals surface area contributed by atoms with Crippen molar-refractivity contribution in [1.82, 2.24) is 4.90 Å². The van der Waals surface area contributed by atoms with Gasteiger partial charge in [-0.25, -0.2) is 4.39 Å². The summed E-state index contributed by atoms with van der Waals surface area (Å²) in [4.78, 5) is 16.2. The minimum absolute atomic E-state index is 0.137. The quantitative estimate of drug-likeness (QED) is 0.637. The molecular formula is C21H18FNOS. The molecule has 126 valence electrons. The van der Waals surface area contributed by atoms with Gasteiger partial charge in [-0.05, 0) is 48.1 Å². The fourth-order valence-electron chi connectivity index (χ4n) is 3.43. The molecule has 0 aliphatic carbocycles. The zero-order valence-corrected chi connectivity index (χ0v) is 14.7. The van der Waals surface area contributed by atoms with E-state index in [1.165, 1.54) is 16.5 Å². The van der Waals surface area contributed by atoms with Gasteiger partial charge in [0.1, 0.15) is 5.82 Å². The minimum Gasteiger partial charge on any atom is -0.327 e. The highest BCUT2D eigenvalue weighted by molar-refractivity contribution is 7.10. The fraction of sp³-hybridized carbons (Fsp3) is 0.190. The second-order valence-corrected chi connectivity index (χ2v) is 7.34. The van der Waals surface area contributed by atoms with E-state index in [2.05, 4.69) is 35.7 Å². The molecule has 0 unspecified atom stereocenters. The Hall–Kier alpha value is -2.46. The summed E-state index contributed by atoms with van der Waals surface area (Å²) in [5.74, 6) is -0.716. The molecule has 1 aromatic heterocycles. The molecule has 0 saturated carbocycles. The molecule has 0 spiro atoms. The van der Waals surface area contributed by atoms with Crippen LogP contribution in [0, 0.1) is 12.7 Å². The van der Waals surface area contributed by atoms with Gasteiger partial charge in [0.25, 0.3) is 5.91 Å². The van der Waals surface area contributed by atoms with E-state index >= 15 is 0 Å². The molecule has 2 aromatic carbocycles. The fourth-order valence-corrected chi connectivity index (χ4v) is 4.34. The summed E-state index contributed by atoms with van der Waals surface area (Å²) < 4.78 is 14.2. The van der Waals surface area contributed by atoms with Crippen LogP contribution in [0.15, 0.2) is 60.0 Å². The molecular weight excluding hydrogens is 333 g/mol. The molecule has 0 fully saturated rings. The molecule has 0 bridgehead atoms. The maximum absolute atomic E-state index is 14.2. The van der Waals surface area contributed by atoms with Crippen molar-refractivity contribution >= 4 is 17.2 Å². The number of hydrogen-bond acceptors (Lipinski definition) is 2. The van der Waals surface area contributed by atoms with E-state index in [0.29, 0.717) is 6.54 Å². The van der Waals surface area contributed by atoms with E-state index in [4.69, 9.17) is 0 Å². The third-order valence-corrected chi connectivity index (χ3v) is 5.72. The van der Waals surface area contributed by atoms with E-state index in [-0.39, 0.29) is 17.5 Å². The smallest absolute Gasteiger partial charge is 0.257 e.